The molecule has 0 fully saturated rings. The second-order valence-electron chi connectivity index (χ2n) is 5.37. The van der Waals surface area contributed by atoms with E-state index in [0.717, 1.165) is 11.3 Å². The number of benzene rings is 2. The van der Waals surface area contributed by atoms with Crippen LogP contribution >= 0.6 is 0 Å². The van der Waals surface area contributed by atoms with Gasteiger partial charge in [0.2, 0.25) is 5.91 Å². The van der Waals surface area contributed by atoms with Gasteiger partial charge in [-0.3, -0.25) is 9.59 Å². The molecule has 2 rings (SSSR count). The van der Waals surface area contributed by atoms with Gasteiger partial charge in [0.25, 0.3) is 0 Å². The predicted octanol–water partition coefficient (Wildman–Crippen LogP) is 3.77. The van der Waals surface area contributed by atoms with E-state index in [1.807, 2.05) is 6.92 Å². The Hall–Kier alpha value is -2.95. The molecule has 0 spiro atoms. The van der Waals surface area contributed by atoms with Crippen LogP contribution in [0.5, 0.6) is 0 Å². The topological polar surface area (TPSA) is 58.2 Å². The van der Waals surface area contributed by atoms with Gasteiger partial charge in [0, 0.05) is 23.2 Å². The normalized spacial score (nSPS) is 10.1. The van der Waals surface area contributed by atoms with Gasteiger partial charge in [-0.25, -0.2) is 4.39 Å². The number of carbonyl (C=O) groups excluding carboxylic acids is 2. The van der Waals surface area contributed by atoms with Crippen LogP contribution in [0.25, 0.3) is 0 Å². The van der Waals surface area contributed by atoms with Gasteiger partial charge in [0.05, 0.1) is 0 Å². The van der Waals surface area contributed by atoms with Crippen LogP contribution in [0.3, 0.4) is 0 Å². The standard InChI is InChI=1S/C19H19FN2O2/c1-4-18(23)22-13(3)21-17-10-7-15(11-12(17)2)19(24)14-5-8-16(20)9-6-14/h5-11,21H,3-4H2,1-2H3,(H,22,23). The van der Waals surface area contributed by atoms with Gasteiger partial charge >= 0.3 is 0 Å². The van der Waals surface area contributed by atoms with Crippen LogP contribution in [0.4, 0.5) is 10.1 Å². The van der Waals surface area contributed by atoms with E-state index in [-0.39, 0.29) is 17.5 Å². The van der Waals surface area contributed by atoms with Gasteiger partial charge in [0.1, 0.15) is 11.6 Å². The summed E-state index contributed by atoms with van der Waals surface area (Å²) in [6, 6.07) is 10.6. The zero-order valence-corrected chi connectivity index (χ0v) is 13.7. The average Bonchev–Trinajstić information content (AvgIpc) is 2.56. The molecule has 2 N–H and O–H groups in total. The molecule has 4 nitrogen and oxygen atoms in total. The number of aryl methyl sites for hydroxylation is 1. The molecule has 5 heteroatoms. The zero-order valence-electron chi connectivity index (χ0n) is 13.7. The fraction of sp³-hybridized carbons (Fsp3) is 0.158. The summed E-state index contributed by atoms with van der Waals surface area (Å²) in [5.74, 6) is -0.312. The van der Waals surface area contributed by atoms with Crippen molar-refractivity contribution in [2.24, 2.45) is 0 Å². The second-order valence-corrected chi connectivity index (χ2v) is 5.37. The van der Waals surface area contributed by atoms with Crippen molar-refractivity contribution in [2.75, 3.05) is 5.32 Å². The molecule has 0 aliphatic carbocycles. The van der Waals surface area contributed by atoms with E-state index in [4.69, 9.17) is 0 Å². The molecule has 0 atom stereocenters. The van der Waals surface area contributed by atoms with E-state index < -0.39 is 0 Å². The van der Waals surface area contributed by atoms with E-state index in [1.54, 1.807) is 25.1 Å². The largest absolute Gasteiger partial charge is 0.342 e. The van der Waals surface area contributed by atoms with Crippen molar-refractivity contribution in [3.05, 3.63) is 77.4 Å². The highest BCUT2D eigenvalue weighted by atomic mass is 19.1. The summed E-state index contributed by atoms with van der Waals surface area (Å²) >= 11 is 0. The summed E-state index contributed by atoms with van der Waals surface area (Å²) in [7, 11) is 0. The van der Waals surface area contributed by atoms with E-state index in [9.17, 15) is 14.0 Å². The third-order valence-corrected chi connectivity index (χ3v) is 3.49. The summed E-state index contributed by atoms with van der Waals surface area (Å²) in [6.07, 6.45) is 0.366. The maximum absolute atomic E-state index is 12.9. The molecule has 0 unspecified atom stereocenters. The fourth-order valence-electron chi connectivity index (χ4n) is 2.16. The van der Waals surface area contributed by atoms with Crippen molar-refractivity contribution in [1.82, 2.24) is 5.32 Å². The molecule has 0 heterocycles. The lowest BCUT2D eigenvalue weighted by atomic mass is 10.0. The molecule has 2 aromatic rings. The van der Waals surface area contributed by atoms with Gasteiger partial charge in [-0.2, -0.15) is 0 Å². The summed E-state index contributed by atoms with van der Waals surface area (Å²) in [5, 5.41) is 5.63. The van der Waals surface area contributed by atoms with Crippen LogP contribution in [0.1, 0.15) is 34.8 Å². The van der Waals surface area contributed by atoms with E-state index in [0.29, 0.717) is 23.4 Å². The van der Waals surface area contributed by atoms with Crippen LogP contribution in [-0.2, 0) is 4.79 Å². The quantitative estimate of drug-likeness (QED) is 0.794. The van der Waals surface area contributed by atoms with Crippen LogP contribution < -0.4 is 10.6 Å². The lowest BCUT2D eigenvalue weighted by molar-refractivity contribution is -0.120. The molecule has 0 bridgehead atoms. The average molecular weight is 326 g/mol. The molecule has 2 aromatic carbocycles. The Morgan fingerprint density at radius 1 is 1.08 bits per heavy atom. The summed E-state index contributed by atoms with van der Waals surface area (Å²) in [5.41, 5.74) is 2.51. The fourth-order valence-corrected chi connectivity index (χ4v) is 2.16. The highest BCUT2D eigenvalue weighted by Gasteiger charge is 2.11. The number of nitrogens with one attached hydrogen (secondary N) is 2. The van der Waals surface area contributed by atoms with E-state index in [1.165, 1.54) is 24.3 Å². The summed E-state index contributed by atoms with van der Waals surface area (Å²) in [6.45, 7) is 7.35. The molecule has 0 aliphatic rings. The lowest BCUT2D eigenvalue weighted by Crippen LogP contribution is -2.25. The zero-order chi connectivity index (χ0) is 17.7. The van der Waals surface area contributed by atoms with E-state index >= 15 is 0 Å². The lowest BCUT2D eigenvalue weighted by Gasteiger charge is -2.13. The number of amides is 1. The van der Waals surface area contributed by atoms with Crippen molar-refractivity contribution in [3.8, 4) is 0 Å². The molecule has 0 aromatic heterocycles. The second kappa shape index (κ2) is 7.55. The molecule has 1 amide bonds. The van der Waals surface area contributed by atoms with Gasteiger partial charge in [0.15, 0.2) is 5.78 Å². The Balaban J connectivity index is 2.14. The maximum atomic E-state index is 12.9. The highest BCUT2D eigenvalue weighted by molar-refractivity contribution is 6.09. The number of carbonyl (C=O) groups is 2. The maximum Gasteiger partial charge on any atom is 0.225 e. The van der Waals surface area contributed by atoms with Crippen molar-refractivity contribution >= 4 is 17.4 Å². The predicted molar refractivity (Wildman–Crippen MR) is 92.2 cm³/mol. The Kier molecular flexibility index (Phi) is 5.47. The van der Waals surface area contributed by atoms with Crippen molar-refractivity contribution in [1.29, 1.82) is 0 Å². The number of ketones is 1. The number of hydrogen-bond acceptors (Lipinski definition) is 3. The number of hydrogen-bond donors (Lipinski definition) is 2. The Labute approximate surface area is 140 Å². The van der Waals surface area contributed by atoms with Gasteiger partial charge < -0.3 is 10.6 Å². The summed E-state index contributed by atoms with van der Waals surface area (Å²) < 4.78 is 12.9. The minimum atomic E-state index is -0.380. The molecule has 0 aliphatic heterocycles. The molecule has 0 radical (unpaired) electrons. The van der Waals surface area contributed by atoms with Crippen LogP contribution in [0.15, 0.2) is 54.9 Å². The first-order chi connectivity index (χ1) is 11.4. The third kappa shape index (κ3) is 4.29. The minimum absolute atomic E-state index is 0.131. The third-order valence-electron chi connectivity index (χ3n) is 3.49. The SMILES string of the molecule is C=C(NC(=O)CC)Nc1ccc(C(=O)c2ccc(F)cc2)cc1C. The van der Waals surface area contributed by atoms with Crippen LogP contribution in [0, 0.1) is 12.7 Å². The van der Waals surface area contributed by atoms with Crippen LogP contribution in [-0.4, -0.2) is 11.7 Å². The molecular weight excluding hydrogens is 307 g/mol. The smallest absolute Gasteiger partial charge is 0.225 e. The summed E-state index contributed by atoms with van der Waals surface area (Å²) in [4.78, 5) is 23.7. The van der Waals surface area contributed by atoms with Crippen molar-refractivity contribution in [3.63, 3.8) is 0 Å². The first-order valence-corrected chi connectivity index (χ1v) is 7.57. The van der Waals surface area contributed by atoms with Gasteiger partial charge in [-0.05, 0) is 55.0 Å². The van der Waals surface area contributed by atoms with Crippen molar-refractivity contribution in [2.45, 2.75) is 20.3 Å². The monoisotopic (exact) mass is 326 g/mol. The molecule has 0 saturated heterocycles. The number of anilines is 1. The Morgan fingerprint density at radius 3 is 2.29 bits per heavy atom. The molecule has 124 valence electrons. The first kappa shape index (κ1) is 17.4. The Morgan fingerprint density at radius 2 is 1.71 bits per heavy atom. The number of rotatable bonds is 6. The molecule has 24 heavy (non-hydrogen) atoms. The van der Waals surface area contributed by atoms with E-state index in [2.05, 4.69) is 17.2 Å². The van der Waals surface area contributed by atoms with Gasteiger partial charge in [-0.15, -0.1) is 0 Å². The Bertz CT molecular complexity index is 782. The van der Waals surface area contributed by atoms with Gasteiger partial charge in [-0.1, -0.05) is 13.5 Å². The molecular formula is C19H19FN2O2. The first-order valence-electron chi connectivity index (χ1n) is 7.57. The van der Waals surface area contributed by atoms with Crippen molar-refractivity contribution < 1.29 is 14.0 Å². The minimum Gasteiger partial charge on any atom is -0.342 e. The van der Waals surface area contributed by atoms with Crippen LogP contribution in [0.2, 0.25) is 0 Å². The molecule has 0 saturated carbocycles. The number of halogens is 1. The highest BCUT2D eigenvalue weighted by Crippen LogP contribution is 2.20.